The number of nitrogens with one attached hydrogen (secondary N) is 1. The predicted molar refractivity (Wildman–Crippen MR) is 87.2 cm³/mol. The minimum Gasteiger partial charge on any atom is -0.396 e. The number of aryl methyl sites for hydroxylation is 1. The van der Waals surface area contributed by atoms with Gasteiger partial charge in [-0.05, 0) is 44.9 Å². The second kappa shape index (κ2) is 5.23. The van der Waals surface area contributed by atoms with Gasteiger partial charge in [-0.25, -0.2) is 9.97 Å². The maximum absolute atomic E-state index is 9.38. The average Bonchev–Trinajstić information content (AvgIpc) is 3.21. The Morgan fingerprint density at radius 3 is 3.00 bits per heavy atom. The smallest absolute Gasteiger partial charge is 0.162 e. The summed E-state index contributed by atoms with van der Waals surface area (Å²) in [6.07, 6.45) is 7.20. The van der Waals surface area contributed by atoms with Crippen LogP contribution in [-0.2, 0) is 12.8 Å². The molecule has 5 nitrogen and oxygen atoms in total. The fourth-order valence-corrected chi connectivity index (χ4v) is 4.13. The van der Waals surface area contributed by atoms with E-state index in [1.807, 2.05) is 6.33 Å². The van der Waals surface area contributed by atoms with Crippen molar-refractivity contribution in [3.63, 3.8) is 0 Å². The molecule has 5 heteroatoms. The zero-order valence-electron chi connectivity index (χ0n) is 13.3. The Labute approximate surface area is 130 Å². The lowest BCUT2D eigenvalue weighted by molar-refractivity contribution is 0.226. The number of aliphatic hydroxyl groups excluding tert-OH is 1. The van der Waals surface area contributed by atoms with Crippen molar-refractivity contribution in [2.75, 3.05) is 11.9 Å². The van der Waals surface area contributed by atoms with E-state index < -0.39 is 0 Å². The Kier molecular flexibility index (Phi) is 3.33. The molecule has 0 amide bonds. The fraction of sp³-hybridized carbons (Fsp3) is 0.647. The van der Waals surface area contributed by atoms with E-state index in [0.29, 0.717) is 24.6 Å². The van der Waals surface area contributed by atoms with Gasteiger partial charge < -0.3 is 15.0 Å². The first-order valence-corrected chi connectivity index (χ1v) is 8.46. The molecule has 22 heavy (non-hydrogen) atoms. The number of rotatable bonds is 3. The van der Waals surface area contributed by atoms with Crippen LogP contribution in [0.25, 0.3) is 11.2 Å². The van der Waals surface area contributed by atoms with E-state index in [1.165, 1.54) is 16.9 Å². The van der Waals surface area contributed by atoms with E-state index in [0.717, 1.165) is 43.3 Å². The topological polar surface area (TPSA) is 63.0 Å². The molecule has 2 aromatic heterocycles. The first kappa shape index (κ1) is 14.0. The van der Waals surface area contributed by atoms with Crippen LogP contribution in [-0.4, -0.2) is 32.3 Å². The van der Waals surface area contributed by atoms with Gasteiger partial charge in [0.2, 0.25) is 0 Å². The normalized spacial score (nSPS) is 27.3. The van der Waals surface area contributed by atoms with Crippen LogP contribution in [0.15, 0.2) is 6.33 Å². The number of aromatic nitrogens is 3. The van der Waals surface area contributed by atoms with Gasteiger partial charge in [0.25, 0.3) is 0 Å². The van der Waals surface area contributed by atoms with E-state index >= 15 is 0 Å². The van der Waals surface area contributed by atoms with Crippen molar-refractivity contribution in [3.8, 4) is 0 Å². The molecule has 1 aliphatic heterocycles. The molecule has 2 aromatic rings. The number of fused-ring (bicyclic) bond motifs is 3. The molecule has 0 bridgehead atoms. The van der Waals surface area contributed by atoms with Crippen molar-refractivity contribution in [3.05, 3.63) is 17.6 Å². The average molecular weight is 300 g/mol. The van der Waals surface area contributed by atoms with Gasteiger partial charge in [0.15, 0.2) is 5.65 Å². The van der Waals surface area contributed by atoms with E-state index in [-0.39, 0.29) is 0 Å². The lowest BCUT2D eigenvalue weighted by atomic mass is 10.1. The molecule has 4 rings (SSSR count). The standard InChI is InChI=1S/C17H24N4O/c1-3-14-13-6-10(2)19-15(13)16-17(20-14)21(9-18-16)12-5-4-11(7-12)8-22/h9-12,19,22H,3-8H2,1-2H3. The number of aliphatic hydroxyl groups is 1. The summed E-state index contributed by atoms with van der Waals surface area (Å²) in [7, 11) is 0. The van der Waals surface area contributed by atoms with Crippen molar-refractivity contribution in [1.82, 2.24) is 14.5 Å². The molecule has 3 atom stereocenters. The van der Waals surface area contributed by atoms with E-state index in [2.05, 4.69) is 28.7 Å². The third-order valence-corrected chi connectivity index (χ3v) is 5.30. The first-order chi connectivity index (χ1) is 10.7. The Bertz CT molecular complexity index is 708. The van der Waals surface area contributed by atoms with Gasteiger partial charge in [0, 0.05) is 29.9 Å². The molecule has 0 saturated heterocycles. The zero-order valence-corrected chi connectivity index (χ0v) is 13.3. The maximum Gasteiger partial charge on any atom is 0.162 e. The molecule has 1 fully saturated rings. The highest BCUT2D eigenvalue weighted by Crippen LogP contribution is 2.39. The molecule has 0 spiro atoms. The van der Waals surface area contributed by atoms with Gasteiger partial charge in [0.1, 0.15) is 5.52 Å². The Morgan fingerprint density at radius 2 is 2.27 bits per heavy atom. The van der Waals surface area contributed by atoms with Crippen LogP contribution in [0.2, 0.25) is 0 Å². The molecule has 3 heterocycles. The van der Waals surface area contributed by atoms with Crippen LogP contribution < -0.4 is 5.32 Å². The minimum absolute atomic E-state index is 0.297. The lowest BCUT2D eigenvalue weighted by Gasteiger charge is -2.14. The number of nitrogens with zero attached hydrogens (tertiary/aromatic N) is 3. The molecule has 1 aliphatic carbocycles. The first-order valence-electron chi connectivity index (χ1n) is 8.46. The van der Waals surface area contributed by atoms with Crippen molar-refractivity contribution in [2.24, 2.45) is 5.92 Å². The number of imidazole rings is 1. The Balaban J connectivity index is 1.81. The molecular weight excluding hydrogens is 276 g/mol. The summed E-state index contributed by atoms with van der Waals surface area (Å²) in [5.41, 5.74) is 5.79. The monoisotopic (exact) mass is 300 g/mol. The van der Waals surface area contributed by atoms with E-state index in [4.69, 9.17) is 4.98 Å². The molecule has 0 aromatic carbocycles. The largest absolute Gasteiger partial charge is 0.396 e. The summed E-state index contributed by atoms with van der Waals surface area (Å²) < 4.78 is 2.25. The van der Waals surface area contributed by atoms with Crippen LogP contribution in [0, 0.1) is 5.92 Å². The third kappa shape index (κ3) is 2.02. The van der Waals surface area contributed by atoms with Crippen LogP contribution in [0.5, 0.6) is 0 Å². The number of hydrogen-bond acceptors (Lipinski definition) is 4. The summed E-state index contributed by atoms with van der Waals surface area (Å²) in [6.45, 7) is 4.69. The third-order valence-electron chi connectivity index (χ3n) is 5.30. The predicted octanol–water partition coefficient (Wildman–Crippen LogP) is 2.68. The van der Waals surface area contributed by atoms with Crippen molar-refractivity contribution < 1.29 is 5.11 Å². The number of hydrogen-bond donors (Lipinski definition) is 2. The molecule has 2 aliphatic rings. The van der Waals surface area contributed by atoms with E-state index in [1.54, 1.807) is 0 Å². The van der Waals surface area contributed by atoms with Gasteiger partial charge in [0.05, 0.1) is 12.0 Å². The molecule has 2 N–H and O–H groups in total. The van der Waals surface area contributed by atoms with Crippen LogP contribution in [0.3, 0.4) is 0 Å². The number of anilines is 1. The summed E-state index contributed by atoms with van der Waals surface area (Å²) >= 11 is 0. The Hall–Kier alpha value is -1.62. The Morgan fingerprint density at radius 1 is 1.41 bits per heavy atom. The van der Waals surface area contributed by atoms with Gasteiger partial charge >= 0.3 is 0 Å². The number of pyridine rings is 1. The molecule has 3 unspecified atom stereocenters. The second-order valence-electron chi connectivity index (χ2n) is 6.85. The SMILES string of the molecule is CCc1nc2c(ncn2C2CCC(CO)C2)c2c1CC(C)N2. The van der Waals surface area contributed by atoms with Crippen molar-refractivity contribution >= 4 is 16.9 Å². The van der Waals surface area contributed by atoms with Crippen molar-refractivity contribution in [2.45, 2.75) is 58.0 Å². The van der Waals surface area contributed by atoms with Crippen LogP contribution in [0.4, 0.5) is 5.69 Å². The summed E-state index contributed by atoms with van der Waals surface area (Å²) in [4.78, 5) is 9.62. The minimum atomic E-state index is 0.297. The lowest BCUT2D eigenvalue weighted by Crippen LogP contribution is -2.08. The summed E-state index contributed by atoms with van der Waals surface area (Å²) in [5.74, 6) is 0.431. The van der Waals surface area contributed by atoms with Gasteiger partial charge in [-0.1, -0.05) is 6.92 Å². The molecule has 0 radical (unpaired) electrons. The highest BCUT2D eigenvalue weighted by atomic mass is 16.3. The zero-order chi connectivity index (χ0) is 15.3. The molecule has 1 saturated carbocycles. The van der Waals surface area contributed by atoms with E-state index in [9.17, 15) is 5.11 Å². The summed E-state index contributed by atoms with van der Waals surface area (Å²) in [6, 6.07) is 0.888. The molecular formula is C17H24N4O. The van der Waals surface area contributed by atoms with Crippen LogP contribution >= 0.6 is 0 Å². The van der Waals surface area contributed by atoms with Gasteiger partial charge in [-0.15, -0.1) is 0 Å². The quantitative estimate of drug-likeness (QED) is 0.915. The van der Waals surface area contributed by atoms with Gasteiger partial charge in [-0.2, -0.15) is 0 Å². The van der Waals surface area contributed by atoms with Gasteiger partial charge in [-0.3, -0.25) is 0 Å². The highest BCUT2D eigenvalue weighted by molar-refractivity contribution is 5.90. The van der Waals surface area contributed by atoms with Crippen molar-refractivity contribution in [1.29, 1.82) is 0 Å². The van der Waals surface area contributed by atoms with Crippen LogP contribution in [0.1, 0.15) is 50.4 Å². The summed E-state index contributed by atoms with van der Waals surface area (Å²) in [5, 5.41) is 13.0. The highest BCUT2D eigenvalue weighted by Gasteiger charge is 2.30. The second-order valence-corrected chi connectivity index (χ2v) is 6.85. The maximum atomic E-state index is 9.38. The molecule has 118 valence electrons. The fourth-order valence-electron chi connectivity index (χ4n) is 4.13.